The number of rotatable bonds is 5. The number of sulfonamides is 1. The molecule has 0 bridgehead atoms. The summed E-state index contributed by atoms with van der Waals surface area (Å²) in [6, 6.07) is 13.7. The maximum atomic E-state index is 12.4. The lowest BCUT2D eigenvalue weighted by atomic mass is 10.0. The van der Waals surface area contributed by atoms with E-state index in [2.05, 4.69) is 4.72 Å². The van der Waals surface area contributed by atoms with Crippen molar-refractivity contribution in [2.45, 2.75) is 24.7 Å². The lowest BCUT2D eigenvalue weighted by Gasteiger charge is -2.15. The molecule has 0 aliphatic heterocycles. The van der Waals surface area contributed by atoms with Crippen molar-refractivity contribution in [3.63, 3.8) is 0 Å². The summed E-state index contributed by atoms with van der Waals surface area (Å²) in [7, 11) is -2.06. The molecule has 2 aromatic rings. The molecule has 0 aliphatic rings. The zero-order chi connectivity index (χ0) is 15.5. The van der Waals surface area contributed by atoms with Crippen molar-refractivity contribution in [2.24, 2.45) is 0 Å². The van der Waals surface area contributed by atoms with Gasteiger partial charge in [-0.25, -0.2) is 8.42 Å². The van der Waals surface area contributed by atoms with Crippen LogP contribution in [0.4, 0.5) is 5.69 Å². The lowest BCUT2D eigenvalue weighted by Crippen LogP contribution is -2.14. The summed E-state index contributed by atoms with van der Waals surface area (Å²) in [5.41, 5.74) is 1.58. The maximum absolute atomic E-state index is 12.4. The van der Waals surface area contributed by atoms with Gasteiger partial charge >= 0.3 is 0 Å². The fourth-order valence-corrected chi connectivity index (χ4v) is 3.14. The van der Waals surface area contributed by atoms with Gasteiger partial charge in [-0.2, -0.15) is 0 Å². The Bertz CT molecular complexity index is 707. The number of ether oxygens (including phenoxy) is 1. The third kappa shape index (κ3) is 3.55. The Morgan fingerprint density at radius 2 is 1.62 bits per heavy atom. The fourth-order valence-electron chi connectivity index (χ4n) is 2.05. The third-order valence-electron chi connectivity index (χ3n) is 3.20. The quantitative estimate of drug-likeness (QED) is 0.918. The number of para-hydroxylation sites is 1. The molecule has 0 radical (unpaired) electrons. The Hall–Kier alpha value is -2.01. The highest BCUT2D eigenvalue weighted by molar-refractivity contribution is 7.92. The first-order chi connectivity index (χ1) is 9.94. The molecule has 0 heterocycles. The van der Waals surface area contributed by atoms with Crippen LogP contribution in [0, 0.1) is 0 Å². The largest absolute Gasteiger partial charge is 0.497 e. The SMILES string of the molecule is COc1ccc(S(=O)(=O)Nc2ccccc2C(C)C)cc1. The molecule has 4 nitrogen and oxygen atoms in total. The molecule has 21 heavy (non-hydrogen) atoms. The first-order valence-electron chi connectivity index (χ1n) is 6.70. The molecular weight excluding hydrogens is 286 g/mol. The summed E-state index contributed by atoms with van der Waals surface area (Å²) in [4.78, 5) is 0.210. The normalized spacial score (nSPS) is 11.4. The smallest absolute Gasteiger partial charge is 0.261 e. The molecule has 0 atom stereocenters. The van der Waals surface area contributed by atoms with Crippen LogP contribution >= 0.6 is 0 Å². The van der Waals surface area contributed by atoms with E-state index >= 15 is 0 Å². The summed E-state index contributed by atoms with van der Waals surface area (Å²) in [6.45, 7) is 4.06. The molecule has 0 amide bonds. The first-order valence-corrected chi connectivity index (χ1v) is 8.18. The van der Waals surface area contributed by atoms with Gasteiger partial charge in [-0.1, -0.05) is 32.0 Å². The van der Waals surface area contributed by atoms with Gasteiger partial charge in [0.15, 0.2) is 0 Å². The van der Waals surface area contributed by atoms with Gasteiger partial charge in [-0.05, 0) is 41.8 Å². The first kappa shape index (κ1) is 15.4. The number of hydrogen-bond donors (Lipinski definition) is 1. The van der Waals surface area contributed by atoms with Gasteiger partial charge < -0.3 is 4.74 Å². The van der Waals surface area contributed by atoms with Crippen molar-refractivity contribution in [2.75, 3.05) is 11.8 Å². The molecule has 5 heteroatoms. The summed E-state index contributed by atoms with van der Waals surface area (Å²) in [5, 5.41) is 0. The predicted octanol–water partition coefficient (Wildman–Crippen LogP) is 3.62. The van der Waals surface area contributed by atoms with Crippen molar-refractivity contribution in [1.82, 2.24) is 0 Å². The second kappa shape index (κ2) is 6.18. The monoisotopic (exact) mass is 305 g/mol. The lowest BCUT2D eigenvalue weighted by molar-refractivity contribution is 0.414. The van der Waals surface area contributed by atoms with Gasteiger partial charge in [0.2, 0.25) is 0 Å². The average Bonchev–Trinajstić information content (AvgIpc) is 2.47. The van der Waals surface area contributed by atoms with Crippen molar-refractivity contribution >= 4 is 15.7 Å². The van der Waals surface area contributed by atoms with Gasteiger partial charge in [-0.15, -0.1) is 0 Å². The Morgan fingerprint density at radius 1 is 1.00 bits per heavy atom. The number of nitrogens with one attached hydrogen (secondary N) is 1. The van der Waals surface area contributed by atoms with Gasteiger partial charge in [0.05, 0.1) is 17.7 Å². The molecule has 1 N–H and O–H groups in total. The van der Waals surface area contributed by atoms with Crippen LogP contribution in [0.5, 0.6) is 5.75 Å². The molecule has 2 rings (SSSR count). The zero-order valence-corrected chi connectivity index (χ0v) is 13.1. The highest BCUT2D eigenvalue weighted by Crippen LogP contribution is 2.26. The van der Waals surface area contributed by atoms with E-state index in [1.54, 1.807) is 25.3 Å². The maximum Gasteiger partial charge on any atom is 0.261 e. The predicted molar refractivity (Wildman–Crippen MR) is 84.3 cm³/mol. The van der Waals surface area contributed by atoms with E-state index in [4.69, 9.17) is 4.74 Å². The second-order valence-corrected chi connectivity index (χ2v) is 6.71. The minimum atomic E-state index is -3.60. The van der Waals surface area contributed by atoms with Crippen LogP contribution in [0.1, 0.15) is 25.3 Å². The minimum Gasteiger partial charge on any atom is -0.497 e. The Balaban J connectivity index is 2.33. The molecule has 0 unspecified atom stereocenters. The van der Waals surface area contributed by atoms with Crippen LogP contribution in [0.15, 0.2) is 53.4 Å². The van der Waals surface area contributed by atoms with Gasteiger partial charge in [0.25, 0.3) is 10.0 Å². The molecule has 0 saturated heterocycles. The number of methoxy groups -OCH3 is 1. The second-order valence-electron chi connectivity index (χ2n) is 5.02. The number of hydrogen-bond acceptors (Lipinski definition) is 3. The highest BCUT2D eigenvalue weighted by Gasteiger charge is 2.16. The third-order valence-corrected chi connectivity index (χ3v) is 4.58. The minimum absolute atomic E-state index is 0.210. The van der Waals surface area contributed by atoms with Crippen LogP contribution in [0.25, 0.3) is 0 Å². The van der Waals surface area contributed by atoms with Gasteiger partial charge in [-0.3, -0.25) is 4.72 Å². The molecular formula is C16H19NO3S. The molecule has 0 saturated carbocycles. The number of anilines is 1. The zero-order valence-electron chi connectivity index (χ0n) is 12.3. The van der Waals surface area contributed by atoms with Crippen LogP contribution in [0.2, 0.25) is 0 Å². The van der Waals surface area contributed by atoms with E-state index in [0.717, 1.165) is 5.56 Å². The topological polar surface area (TPSA) is 55.4 Å². The standard InChI is InChI=1S/C16H19NO3S/c1-12(2)15-6-4-5-7-16(15)17-21(18,19)14-10-8-13(20-3)9-11-14/h4-12,17H,1-3H3. The Morgan fingerprint density at radius 3 is 2.19 bits per heavy atom. The molecule has 2 aromatic carbocycles. The average molecular weight is 305 g/mol. The molecule has 0 aromatic heterocycles. The van der Waals surface area contributed by atoms with E-state index < -0.39 is 10.0 Å². The molecule has 112 valence electrons. The molecule has 0 spiro atoms. The summed E-state index contributed by atoms with van der Waals surface area (Å²) in [6.07, 6.45) is 0. The van der Waals surface area contributed by atoms with Crippen LogP contribution in [-0.2, 0) is 10.0 Å². The summed E-state index contributed by atoms with van der Waals surface area (Å²) in [5.74, 6) is 0.858. The van der Waals surface area contributed by atoms with Crippen molar-refractivity contribution in [3.05, 3.63) is 54.1 Å². The summed E-state index contributed by atoms with van der Waals surface area (Å²) < 4.78 is 32.5. The fraction of sp³-hybridized carbons (Fsp3) is 0.250. The van der Waals surface area contributed by atoms with E-state index in [9.17, 15) is 8.42 Å². The Labute approximate surface area is 125 Å². The van der Waals surface area contributed by atoms with Gasteiger partial charge in [0.1, 0.15) is 5.75 Å². The number of benzene rings is 2. The van der Waals surface area contributed by atoms with E-state index in [-0.39, 0.29) is 10.8 Å². The van der Waals surface area contributed by atoms with Crippen LogP contribution < -0.4 is 9.46 Å². The van der Waals surface area contributed by atoms with Crippen molar-refractivity contribution in [3.8, 4) is 5.75 Å². The van der Waals surface area contributed by atoms with Crippen LogP contribution in [-0.4, -0.2) is 15.5 Å². The van der Waals surface area contributed by atoms with Crippen molar-refractivity contribution in [1.29, 1.82) is 0 Å². The van der Waals surface area contributed by atoms with Crippen molar-refractivity contribution < 1.29 is 13.2 Å². The van der Waals surface area contributed by atoms with E-state index in [1.165, 1.54) is 12.1 Å². The molecule has 0 aliphatic carbocycles. The highest BCUT2D eigenvalue weighted by atomic mass is 32.2. The van der Waals surface area contributed by atoms with E-state index in [0.29, 0.717) is 11.4 Å². The van der Waals surface area contributed by atoms with Gasteiger partial charge in [0, 0.05) is 0 Å². The molecule has 0 fully saturated rings. The van der Waals surface area contributed by atoms with Crippen LogP contribution in [0.3, 0.4) is 0 Å². The summed E-state index contributed by atoms with van der Waals surface area (Å²) >= 11 is 0. The Kier molecular flexibility index (Phi) is 4.53. The van der Waals surface area contributed by atoms with E-state index in [1.807, 2.05) is 32.0 Å².